The zero-order valence-corrected chi connectivity index (χ0v) is 13.6. The van der Waals surface area contributed by atoms with E-state index in [1.807, 2.05) is 60.1 Å². The van der Waals surface area contributed by atoms with Gasteiger partial charge in [-0.25, -0.2) is 0 Å². The third-order valence-corrected chi connectivity index (χ3v) is 5.75. The molecule has 0 saturated carbocycles. The van der Waals surface area contributed by atoms with E-state index >= 15 is 0 Å². The lowest BCUT2D eigenvalue weighted by Gasteiger charge is -2.02. The summed E-state index contributed by atoms with van der Waals surface area (Å²) in [6, 6.07) is 18.0. The highest BCUT2D eigenvalue weighted by molar-refractivity contribution is 7.25. The number of aryl methyl sites for hydroxylation is 1. The Morgan fingerprint density at radius 1 is 1.04 bits per heavy atom. The molecule has 0 unspecified atom stereocenters. The second-order valence-electron chi connectivity index (χ2n) is 5.80. The van der Waals surface area contributed by atoms with Gasteiger partial charge in [0.25, 0.3) is 5.56 Å². The van der Waals surface area contributed by atoms with Gasteiger partial charge in [-0.2, -0.15) is 5.26 Å². The van der Waals surface area contributed by atoms with Crippen molar-refractivity contribution in [1.82, 2.24) is 8.97 Å². The molecule has 3 aromatic heterocycles. The molecule has 0 fully saturated rings. The molecule has 0 N–H and O–H groups in total. The summed E-state index contributed by atoms with van der Waals surface area (Å²) in [5.74, 6) is 0. The molecule has 0 bridgehead atoms. The number of fused-ring (bicyclic) bond motifs is 6. The third-order valence-electron chi connectivity index (χ3n) is 4.59. The van der Waals surface area contributed by atoms with Gasteiger partial charge in [0.15, 0.2) is 0 Å². The van der Waals surface area contributed by atoms with Crippen molar-refractivity contribution < 1.29 is 0 Å². The lowest BCUT2D eigenvalue weighted by atomic mass is 10.1. The van der Waals surface area contributed by atoms with Gasteiger partial charge in [0.05, 0.1) is 11.0 Å². The molecule has 114 valence electrons. The van der Waals surface area contributed by atoms with Crippen molar-refractivity contribution in [3.63, 3.8) is 0 Å². The molecule has 0 radical (unpaired) electrons. The Balaban J connectivity index is 2.24. The standard InChI is InChI=1S/C19H11N3OS/c1-21-13-7-3-4-8-14(13)22-18(21)12(10-20)16-11-6-2-5-9-15(11)24-17(16)19(22)23/h2-9H,1H3. The van der Waals surface area contributed by atoms with Gasteiger partial charge in [-0.05, 0) is 18.2 Å². The van der Waals surface area contributed by atoms with Gasteiger partial charge in [-0.1, -0.05) is 30.3 Å². The maximum atomic E-state index is 13.2. The fourth-order valence-corrected chi connectivity index (χ4v) is 4.70. The van der Waals surface area contributed by atoms with Crippen molar-refractivity contribution in [3.05, 3.63) is 64.4 Å². The van der Waals surface area contributed by atoms with Crippen LogP contribution in [0.5, 0.6) is 0 Å². The van der Waals surface area contributed by atoms with E-state index in [9.17, 15) is 10.1 Å². The average molecular weight is 329 g/mol. The van der Waals surface area contributed by atoms with Crippen LogP contribution in [-0.4, -0.2) is 8.97 Å². The van der Waals surface area contributed by atoms with E-state index in [4.69, 9.17) is 0 Å². The minimum Gasteiger partial charge on any atom is -0.328 e. The van der Waals surface area contributed by atoms with E-state index in [-0.39, 0.29) is 5.56 Å². The van der Waals surface area contributed by atoms with Gasteiger partial charge in [-0.3, -0.25) is 9.20 Å². The van der Waals surface area contributed by atoms with Crippen LogP contribution < -0.4 is 5.56 Å². The van der Waals surface area contributed by atoms with E-state index in [1.54, 1.807) is 4.40 Å². The first-order chi connectivity index (χ1) is 11.7. The number of imidazole rings is 1. The Morgan fingerprint density at radius 3 is 2.54 bits per heavy atom. The number of rotatable bonds is 0. The monoisotopic (exact) mass is 329 g/mol. The van der Waals surface area contributed by atoms with Crippen LogP contribution in [0.25, 0.3) is 36.9 Å². The summed E-state index contributed by atoms with van der Waals surface area (Å²) < 4.78 is 5.27. The maximum absolute atomic E-state index is 13.2. The van der Waals surface area contributed by atoms with Crippen LogP contribution >= 0.6 is 11.3 Å². The molecular formula is C19H11N3OS. The zero-order chi connectivity index (χ0) is 16.4. The van der Waals surface area contributed by atoms with Crippen molar-refractivity contribution >= 4 is 48.2 Å². The number of para-hydroxylation sites is 2. The van der Waals surface area contributed by atoms with Crippen molar-refractivity contribution in [2.24, 2.45) is 7.05 Å². The number of pyridine rings is 1. The second kappa shape index (κ2) is 4.47. The number of benzene rings is 2. The first kappa shape index (κ1) is 13.3. The van der Waals surface area contributed by atoms with Crippen molar-refractivity contribution in [3.8, 4) is 6.07 Å². The molecule has 0 spiro atoms. The fourth-order valence-electron chi connectivity index (χ4n) is 3.56. The predicted molar refractivity (Wildman–Crippen MR) is 97.7 cm³/mol. The second-order valence-corrected chi connectivity index (χ2v) is 6.85. The molecule has 0 aliphatic carbocycles. The van der Waals surface area contributed by atoms with Crippen molar-refractivity contribution in [2.45, 2.75) is 0 Å². The van der Waals surface area contributed by atoms with Gasteiger partial charge in [0.2, 0.25) is 0 Å². The van der Waals surface area contributed by atoms with Crippen LogP contribution in [0.15, 0.2) is 53.3 Å². The molecular weight excluding hydrogens is 318 g/mol. The van der Waals surface area contributed by atoms with E-state index in [2.05, 4.69) is 6.07 Å². The van der Waals surface area contributed by atoms with E-state index in [1.165, 1.54) is 11.3 Å². The Labute approximate surface area is 140 Å². The van der Waals surface area contributed by atoms with Crippen LogP contribution in [0.2, 0.25) is 0 Å². The number of hydrogen-bond acceptors (Lipinski definition) is 3. The van der Waals surface area contributed by atoms with Crippen LogP contribution in [0.4, 0.5) is 0 Å². The quantitative estimate of drug-likeness (QED) is 0.431. The Morgan fingerprint density at radius 2 is 1.75 bits per heavy atom. The normalized spacial score (nSPS) is 11.7. The average Bonchev–Trinajstić information content (AvgIpc) is 3.14. The van der Waals surface area contributed by atoms with Crippen molar-refractivity contribution in [2.75, 3.05) is 0 Å². The van der Waals surface area contributed by atoms with E-state index in [0.717, 1.165) is 26.5 Å². The molecule has 0 amide bonds. The van der Waals surface area contributed by atoms with Crippen LogP contribution in [0.3, 0.4) is 0 Å². The Bertz CT molecular complexity index is 1400. The highest BCUT2D eigenvalue weighted by atomic mass is 32.1. The summed E-state index contributed by atoms with van der Waals surface area (Å²) in [5, 5.41) is 11.6. The molecule has 0 aliphatic heterocycles. The summed E-state index contributed by atoms with van der Waals surface area (Å²) in [6.45, 7) is 0. The van der Waals surface area contributed by atoms with Gasteiger partial charge in [0.1, 0.15) is 22.0 Å². The smallest absolute Gasteiger partial charge is 0.274 e. The molecule has 0 aliphatic rings. The zero-order valence-electron chi connectivity index (χ0n) is 12.8. The Kier molecular flexibility index (Phi) is 2.48. The lowest BCUT2D eigenvalue weighted by molar-refractivity contribution is 0.979. The van der Waals surface area contributed by atoms with Crippen molar-refractivity contribution in [1.29, 1.82) is 5.26 Å². The predicted octanol–water partition coefficient (Wildman–Crippen LogP) is 4.03. The fraction of sp³-hybridized carbons (Fsp3) is 0.0526. The van der Waals surface area contributed by atoms with Crippen LogP contribution in [-0.2, 0) is 7.05 Å². The third kappa shape index (κ3) is 1.44. The molecule has 5 rings (SSSR count). The number of hydrogen-bond donors (Lipinski definition) is 0. The first-order valence-electron chi connectivity index (χ1n) is 7.56. The number of nitriles is 1. The molecule has 24 heavy (non-hydrogen) atoms. The Hall–Kier alpha value is -3.10. The summed E-state index contributed by atoms with van der Waals surface area (Å²) in [7, 11) is 1.90. The number of aromatic nitrogens is 2. The minimum atomic E-state index is -0.0583. The molecule has 2 aromatic carbocycles. The number of nitrogens with zero attached hydrogens (tertiary/aromatic N) is 3. The van der Waals surface area contributed by atoms with Crippen LogP contribution in [0, 0.1) is 11.3 Å². The SMILES string of the molecule is Cn1c2ccccc2n2c(=O)c3sc4ccccc4c3c(C#N)c12. The number of thiophene rings is 1. The molecule has 4 nitrogen and oxygen atoms in total. The summed E-state index contributed by atoms with van der Waals surface area (Å²) in [4.78, 5) is 13.2. The van der Waals surface area contributed by atoms with Gasteiger partial charge in [-0.15, -0.1) is 11.3 Å². The van der Waals surface area contributed by atoms with Gasteiger partial charge in [0, 0.05) is 22.5 Å². The molecule has 0 saturated heterocycles. The molecule has 5 heteroatoms. The molecule has 0 atom stereocenters. The highest BCUT2D eigenvalue weighted by Gasteiger charge is 2.21. The highest BCUT2D eigenvalue weighted by Crippen LogP contribution is 2.36. The first-order valence-corrected chi connectivity index (χ1v) is 8.37. The molecule has 3 heterocycles. The largest absolute Gasteiger partial charge is 0.328 e. The van der Waals surface area contributed by atoms with Gasteiger partial charge < -0.3 is 4.57 Å². The molecule has 5 aromatic rings. The summed E-state index contributed by atoms with van der Waals surface area (Å²) in [6.07, 6.45) is 0. The van der Waals surface area contributed by atoms with Gasteiger partial charge >= 0.3 is 0 Å². The summed E-state index contributed by atoms with van der Waals surface area (Å²) in [5.41, 5.74) is 2.92. The van der Waals surface area contributed by atoms with E-state index < -0.39 is 0 Å². The van der Waals surface area contributed by atoms with Crippen LogP contribution in [0.1, 0.15) is 5.56 Å². The topological polar surface area (TPSA) is 50.2 Å². The summed E-state index contributed by atoms with van der Waals surface area (Å²) >= 11 is 1.46. The minimum absolute atomic E-state index is 0.0583. The maximum Gasteiger partial charge on any atom is 0.274 e. The lowest BCUT2D eigenvalue weighted by Crippen LogP contribution is -2.13. The van der Waals surface area contributed by atoms with E-state index in [0.29, 0.717) is 15.9 Å².